The number of hydrogen-bond donors (Lipinski definition) is 2. The fraction of sp³-hybridized carbons (Fsp3) is 0.739. The highest BCUT2D eigenvalue weighted by Crippen LogP contribution is 2.32. The van der Waals surface area contributed by atoms with Gasteiger partial charge in [-0.3, -0.25) is 0 Å². The minimum Gasteiger partial charge on any atom is -0.484 e. The number of halogens is 2. The number of nitrogens with zero attached hydrogens (tertiary/aromatic N) is 2. The Labute approximate surface area is 192 Å². The molecule has 1 aromatic heterocycles. The summed E-state index contributed by atoms with van der Waals surface area (Å²) in [6, 6.07) is 3.45. The molecule has 1 saturated carbocycles. The summed E-state index contributed by atoms with van der Waals surface area (Å²) in [7, 11) is 0. The molecule has 0 bridgehead atoms. The number of pyridine rings is 1. The molecule has 0 aromatic carbocycles. The third-order valence-electron chi connectivity index (χ3n) is 7.09. The minimum atomic E-state index is -2.58. The van der Waals surface area contributed by atoms with Crippen molar-refractivity contribution in [2.24, 2.45) is 0 Å². The average Bonchev–Trinajstić information content (AvgIpc) is 3.38. The van der Waals surface area contributed by atoms with Crippen LogP contribution < -0.4 is 20.3 Å². The molecule has 3 saturated heterocycles. The van der Waals surface area contributed by atoms with Gasteiger partial charge in [0.05, 0.1) is 25.5 Å². The third-order valence-corrected chi connectivity index (χ3v) is 7.09. The zero-order chi connectivity index (χ0) is 22.8. The number of piperidine rings is 1. The molecule has 1 aliphatic carbocycles. The number of fused-ring (bicyclic) bond motifs is 1. The number of aromatic nitrogens is 1. The molecule has 2 N–H and O–H groups in total. The lowest BCUT2D eigenvalue weighted by molar-refractivity contribution is -0.0221. The first kappa shape index (κ1) is 22.6. The highest BCUT2D eigenvalue weighted by molar-refractivity contribution is 5.74. The van der Waals surface area contributed by atoms with Crippen LogP contribution in [-0.2, 0) is 9.47 Å². The summed E-state index contributed by atoms with van der Waals surface area (Å²) in [6.45, 7) is 1.32. The van der Waals surface area contributed by atoms with Crippen LogP contribution >= 0.6 is 0 Å². The van der Waals surface area contributed by atoms with Gasteiger partial charge in [0.2, 0.25) is 0 Å². The molecule has 4 heterocycles. The van der Waals surface area contributed by atoms with Crippen molar-refractivity contribution in [2.75, 3.05) is 31.2 Å². The van der Waals surface area contributed by atoms with Gasteiger partial charge in [0, 0.05) is 32.0 Å². The van der Waals surface area contributed by atoms with Gasteiger partial charge >= 0.3 is 6.03 Å². The molecule has 0 unspecified atom stereocenters. The molecule has 4 fully saturated rings. The van der Waals surface area contributed by atoms with Crippen LogP contribution in [-0.4, -0.2) is 73.6 Å². The number of rotatable bonds is 5. The second-order valence-corrected chi connectivity index (χ2v) is 9.51. The predicted octanol–water partition coefficient (Wildman–Crippen LogP) is 2.86. The van der Waals surface area contributed by atoms with E-state index in [1.807, 2.05) is 4.90 Å². The van der Waals surface area contributed by atoms with E-state index in [4.69, 9.17) is 14.2 Å². The SMILES string of the molecule is O=C(NC1CCCCC1)N[C@H]1CO[C@H]2[C@@H]1OC[C@@H]2Oc1ccc(N2CCC(F)(F)CC2)nc1. The number of amides is 2. The van der Waals surface area contributed by atoms with Crippen molar-refractivity contribution in [3.8, 4) is 5.75 Å². The van der Waals surface area contributed by atoms with Crippen LogP contribution in [0.2, 0.25) is 0 Å². The van der Waals surface area contributed by atoms with Crippen molar-refractivity contribution in [3.63, 3.8) is 0 Å². The van der Waals surface area contributed by atoms with Gasteiger partial charge in [-0.05, 0) is 25.0 Å². The summed E-state index contributed by atoms with van der Waals surface area (Å²) in [6.07, 6.45) is 6.10. The van der Waals surface area contributed by atoms with E-state index in [2.05, 4.69) is 15.6 Å². The van der Waals surface area contributed by atoms with Gasteiger partial charge in [-0.15, -0.1) is 0 Å². The third kappa shape index (κ3) is 5.32. The average molecular weight is 467 g/mol. The molecule has 3 aliphatic heterocycles. The highest BCUT2D eigenvalue weighted by atomic mass is 19.3. The highest BCUT2D eigenvalue weighted by Gasteiger charge is 2.49. The van der Waals surface area contributed by atoms with Crippen molar-refractivity contribution in [3.05, 3.63) is 18.3 Å². The van der Waals surface area contributed by atoms with Crippen LogP contribution in [0.3, 0.4) is 0 Å². The number of nitrogens with one attached hydrogen (secondary N) is 2. The molecule has 0 radical (unpaired) electrons. The van der Waals surface area contributed by atoms with Crippen molar-refractivity contribution >= 4 is 11.8 Å². The molecule has 33 heavy (non-hydrogen) atoms. The van der Waals surface area contributed by atoms with Crippen molar-refractivity contribution in [1.82, 2.24) is 15.6 Å². The molecule has 8 nitrogen and oxygen atoms in total. The largest absolute Gasteiger partial charge is 0.484 e. The first-order chi connectivity index (χ1) is 16.0. The van der Waals surface area contributed by atoms with Gasteiger partial charge in [0.1, 0.15) is 23.8 Å². The monoisotopic (exact) mass is 466 g/mol. The lowest BCUT2D eigenvalue weighted by Gasteiger charge is -2.32. The van der Waals surface area contributed by atoms with E-state index < -0.39 is 5.92 Å². The van der Waals surface area contributed by atoms with Crippen LogP contribution in [0.5, 0.6) is 5.75 Å². The van der Waals surface area contributed by atoms with Crippen molar-refractivity contribution < 1.29 is 27.8 Å². The normalized spacial score (nSPS) is 31.8. The number of urea groups is 1. The number of alkyl halides is 2. The van der Waals surface area contributed by atoms with Crippen LogP contribution in [0.1, 0.15) is 44.9 Å². The molecule has 4 aliphatic rings. The van der Waals surface area contributed by atoms with Gasteiger partial charge in [0.15, 0.2) is 6.10 Å². The van der Waals surface area contributed by atoms with E-state index in [1.54, 1.807) is 18.3 Å². The van der Waals surface area contributed by atoms with Gasteiger partial charge in [-0.2, -0.15) is 0 Å². The zero-order valence-corrected chi connectivity index (χ0v) is 18.7. The van der Waals surface area contributed by atoms with Gasteiger partial charge < -0.3 is 29.7 Å². The molecule has 2 amide bonds. The van der Waals surface area contributed by atoms with E-state index in [1.165, 1.54) is 6.42 Å². The van der Waals surface area contributed by atoms with E-state index >= 15 is 0 Å². The fourth-order valence-corrected chi connectivity index (χ4v) is 5.20. The Balaban J connectivity index is 1.11. The Hall–Kier alpha value is -2.20. The summed E-state index contributed by atoms with van der Waals surface area (Å²) >= 11 is 0. The molecular formula is C23H32F2N4O4. The van der Waals surface area contributed by atoms with Crippen LogP contribution in [0, 0.1) is 0 Å². The van der Waals surface area contributed by atoms with E-state index in [0.717, 1.165) is 25.7 Å². The first-order valence-corrected chi connectivity index (χ1v) is 12.0. The Kier molecular flexibility index (Phi) is 6.56. The second kappa shape index (κ2) is 9.58. The Morgan fingerprint density at radius 1 is 1.06 bits per heavy atom. The fourth-order valence-electron chi connectivity index (χ4n) is 5.20. The van der Waals surface area contributed by atoms with Crippen LogP contribution in [0.25, 0.3) is 0 Å². The molecule has 4 atom stereocenters. The zero-order valence-electron chi connectivity index (χ0n) is 18.7. The first-order valence-electron chi connectivity index (χ1n) is 12.0. The lowest BCUT2D eigenvalue weighted by atomic mass is 9.96. The Morgan fingerprint density at radius 2 is 1.82 bits per heavy atom. The molecule has 10 heteroatoms. The standard InChI is InChI=1S/C23H32F2N4O4/c24-23(25)8-10-29(11-9-23)19-7-6-16(12-26-19)33-18-14-32-20-17(13-31-21(18)20)28-22(30)27-15-4-2-1-3-5-15/h6-7,12,15,17-18,20-21H,1-5,8-11,13-14H2,(H2,27,28,30)/t17-,18-,20+,21+/m0/s1. The number of hydrogen-bond acceptors (Lipinski definition) is 6. The molecular weight excluding hydrogens is 434 g/mol. The minimum absolute atomic E-state index is 0.152. The predicted molar refractivity (Wildman–Crippen MR) is 117 cm³/mol. The maximum Gasteiger partial charge on any atom is 0.315 e. The lowest BCUT2D eigenvalue weighted by Crippen LogP contribution is -2.51. The van der Waals surface area contributed by atoms with Gasteiger partial charge in [-0.25, -0.2) is 18.6 Å². The van der Waals surface area contributed by atoms with E-state index in [0.29, 0.717) is 24.8 Å². The maximum absolute atomic E-state index is 13.4. The van der Waals surface area contributed by atoms with Crippen LogP contribution in [0.15, 0.2) is 18.3 Å². The number of carbonyl (C=O) groups is 1. The summed E-state index contributed by atoms with van der Waals surface area (Å²) in [5.41, 5.74) is 0. The van der Waals surface area contributed by atoms with Crippen LogP contribution in [0.4, 0.5) is 19.4 Å². The Morgan fingerprint density at radius 3 is 2.55 bits per heavy atom. The maximum atomic E-state index is 13.4. The van der Waals surface area contributed by atoms with E-state index in [9.17, 15) is 13.6 Å². The van der Waals surface area contributed by atoms with Gasteiger partial charge in [0.25, 0.3) is 5.92 Å². The second-order valence-electron chi connectivity index (χ2n) is 9.51. The molecule has 182 valence electrons. The topological polar surface area (TPSA) is 85.0 Å². The van der Waals surface area contributed by atoms with Gasteiger partial charge in [-0.1, -0.05) is 19.3 Å². The van der Waals surface area contributed by atoms with Crippen molar-refractivity contribution in [2.45, 2.75) is 81.3 Å². The number of ether oxygens (including phenoxy) is 3. The summed E-state index contributed by atoms with van der Waals surface area (Å²) in [5.74, 6) is -1.34. The number of carbonyl (C=O) groups excluding carboxylic acids is 1. The Bertz CT molecular complexity index is 811. The van der Waals surface area contributed by atoms with E-state index in [-0.39, 0.29) is 62.4 Å². The summed E-state index contributed by atoms with van der Waals surface area (Å²) < 4.78 is 44.6. The molecule has 0 spiro atoms. The molecule has 5 rings (SSSR count). The molecule has 1 aromatic rings. The smallest absolute Gasteiger partial charge is 0.315 e. The quantitative estimate of drug-likeness (QED) is 0.694. The van der Waals surface area contributed by atoms with Crippen molar-refractivity contribution in [1.29, 1.82) is 0 Å². The summed E-state index contributed by atoms with van der Waals surface area (Å²) in [4.78, 5) is 18.7. The number of anilines is 1. The summed E-state index contributed by atoms with van der Waals surface area (Å²) in [5, 5.41) is 6.07.